The van der Waals surface area contributed by atoms with Crippen LogP contribution in [0.15, 0.2) is 49.1 Å². The van der Waals surface area contributed by atoms with Crippen LogP contribution in [0.3, 0.4) is 0 Å². The molecule has 1 aromatic heterocycles. The Morgan fingerprint density at radius 2 is 2.17 bits per heavy atom. The number of morpholine rings is 1. The molecule has 0 bridgehead atoms. The van der Waals surface area contributed by atoms with E-state index in [-0.39, 0.29) is 19.1 Å². The van der Waals surface area contributed by atoms with E-state index in [4.69, 9.17) is 4.74 Å². The zero-order valence-corrected chi connectivity index (χ0v) is 13.0. The number of aliphatic hydroxyl groups is 1. The maximum atomic E-state index is 12.5. The predicted molar refractivity (Wildman–Crippen MR) is 84.7 cm³/mol. The lowest BCUT2D eigenvalue weighted by Gasteiger charge is -2.42. The van der Waals surface area contributed by atoms with Crippen molar-refractivity contribution in [3.63, 3.8) is 0 Å². The minimum Gasteiger partial charge on any atom is -0.393 e. The lowest BCUT2D eigenvalue weighted by molar-refractivity contribution is -0.158. The molecule has 1 N–H and O–H groups in total. The highest BCUT2D eigenvalue weighted by Crippen LogP contribution is 2.23. The number of carbonyl (C=O) groups excluding carboxylic acids is 1. The van der Waals surface area contributed by atoms with Crippen molar-refractivity contribution >= 4 is 5.91 Å². The number of hydrogen-bond acceptors (Lipinski definition) is 4. The van der Waals surface area contributed by atoms with E-state index in [1.807, 2.05) is 30.3 Å². The normalized spacial score (nSPS) is 21.3. The minimum atomic E-state index is -0.732. The van der Waals surface area contributed by atoms with Crippen LogP contribution < -0.4 is 0 Å². The standard InChI is InChI=1S/C17H21N3O3/c21-13-17(10-15-4-2-1-3-5-15)12-20(8-9-23-17)16(22)11-19-7-6-18-14-19/h1-7,14,21H,8-13H2/t17-/m0/s1. The van der Waals surface area contributed by atoms with Crippen LogP contribution in [-0.2, 0) is 22.5 Å². The first kappa shape index (κ1) is 15.7. The van der Waals surface area contributed by atoms with Crippen LogP contribution in [0.2, 0.25) is 0 Å². The van der Waals surface area contributed by atoms with Crippen LogP contribution in [0, 0.1) is 0 Å². The fraction of sp³-hybridized carbons (Fsp3) is 0.412. The van der Waals surface area contributed by atoms with Gasteiger partial charge in [-0.15, -0.1) is 0 Å². The van der Waals surface area contributed by atoms with Crippen molar-refractivity contribution in [1.82, 2.24) is 14.5 Å². The van der Waals surface area contributed by atoms with E-state index in [2.05, 4.69) is 4.98 Å². The minimum absolute atomic E-state index is 0.0113. The number of rotatable bonds is 5. The van der Waals surface area contributed by atoms with E-state index in [9.17, 15) is 9.90 Å². The quantitative estimate of drug-likeness (QED) is 0.883. The second-order valence-electron chi connectivity index (χ2n) is 5.90. The van der Waals surface area contributed by atoms with Gasteiger partial charge in [0.1, 0.15) is 12.1 Å². The summed E-state index contributed by atoms with van der Waals surface area (Å²) in [5.74, 6) is 0.0113. The molecule has 23 heavy (non-hydrogen) atoms. The Kier molecular flexibility index (Phi) is 4.73. The van der Waals surface area contributed by atoms with Gasteiger partial charge in [-0.2, -0.15) is 0 Å². The lowest BCUT2D eigenvalue weighted by Crippen LogP contribution is -2.57. The van der Waals surface area contributed by atoms with Crippen molar-refractivity contribution in [2.45, 2.75) is 18.6 Å². The van der Waals surface area contributed by atoms with Crippen molar-refractivity contribution in [3.05, 3.63) is 54.6 Å². The number of carbonyl (C=O) groups is 1. The van der Waals surface area contributed by atoms with Gasteiger partial charge in [-0.25, -0.2) is 4.98 Å². The third-order valence-electron chi connectivity index (χ3n) is 4.14. The topological polar surface area (TPSA) is 67.6 Å². The Hall–Kier alpha value is -2.18. The molecule has 1 atom stereocenters. The van der Waals surface area contributed by atoms with Crippen molar-refractivity contribution in [1.29, 1.82) is 0 Å². The zero-order valence-electron chi connectivity index (χ0n) is 13.0. The van der Waals surface area contributed by atoms with Gasteiger partial charge in [-0.1, -0.05) is 30.3 Å². The molecule has 0 radical (unpaired) electrons. The summed E-state index contributed by atoms with van der Waals surface area (Å²) in [5, 5.41) is 9.88. The molecular formula is C17H21N3O3. The predicted octanol–water partition coefficient (Wildman–Crippen LogP) is 0.716. The van der Waals surface area contributed by atoms with E-state index in [0.717, 1.165) is 5.56 Å². The molecule has 0 saturated carbocycles. The summed E-state index contributed by atoms with van der Waals surface area (Å²) < 4.78 is 7.62. The molecule has 6 nitrogen and oxygen atoms in total. The number of aromatic nitrogens is 2. The molecule has 2 heterocycles. The van der Waals surface area contributed by atoms with Gasteiger partial charge in [0.2, 0.25) is 5.91 Å². The molecule has 1 amide bonds. The zero-order chi connectivity index (χ0) is 16.1. The van der Waals surface area contributed by atoms with Crippen molar-refractivity contribution < 1.29 is 14.6 Å². The fourth-order valence-corrected chi connectivity index (χ4v) is 2.92. The average molecular weight is 315 g/mol. The molecule has 1 aliphatic rings. The molecule has 3 rings (SSSR count). The summed E-state index contributed by atoms with van der Waals surface area (Å²) in [6, 6.07) is 9.90. The van der Waals surface area contributed by atoms with Gasteiger partial charge >= 0.3 is 0 Å². The second-order valence-corrected chi connectivity index (χ2v) is 5.90. The van der Waals surface area contributed by atoms with Crippen LogP contribution in [0.4, 0.5) is 0 Å². The maximum absolute atomic E-state index is 12.5. The molecule has 6 heteroatoms. The van der Waals surface area contributed by atoms with Crippen LogP contribution in [0.25, 0.3) is 0 Å². The first-order chi connectivity index (χ1) is 11.2. The van der Waals surface area contributed by atoms with E-state index in [1.54, 1.807) is 28.2 Å². The van der Waals surface area contributed by atoms with E-state index < -0.39 is 5.60 Å². The Bertz CT molecular complexity index is 630. The molecule has 1 aromatic carbocycles. The number of nitrogens with zero attached hydrogens (tertiary/aromatic N) is 3. The summed E-state index contributed by atoms with van der Waals surface area (Å²) in [6.45, 7) is 1.52. The SMILES string of the molecule is O=C(Cn1ccnc1)N1CCO[C@@](CO)(Cc2ccccc2)C1. The van der Waals surface area contributed by atoms with Crippen molar-refractivity contribution in [2.75, 3.05) is 26.3 Å². The van der Waals surface area contributed by atoms with E-state index in [0.29, 0.717) is 26.1 Å². The number of amides is 1. The van der Waals surface area contributed by atoms with Gasteiger partial charge in [-0.3, -0.25) is 4.79 Å². The monoisotopic (exact) mass is 315 g/mol. The molecule has 2 aromatic rings. The van der Waals surface area contributed by atoms with Crippen LogP contribution >= 0.6 is 0 Å². The van der Waals surface area contributed by atoms with E-state index >= 15 is 0 Å². The lowest BCUT2D eigenvalue weighted by atomic mass is 9.93. The highest BCUT2D eigenvalue weighted by atomic mass is 16.5. The van der Waals surface area contributed by atoms with Gasteiger partial charge in [0.15, 0.2) is 0 Å². The number of ether oxygens (including phenoxy) is 1. The molecule has 1 aliphatic heterocycles. The summed E-state index contributed by atoms with van der Waals surface area (Å²) >= 11 is 0. The first-order valence-corrected chi connectivity index (χ1v) is 7.73. The number of imidazole rings is 1. The Morgan fingerprint density at radius 3 is 2.87 bits per heavy atom. The fourth-order valence-electron chi connectivity index (χ4n) is 2.92. The Morgan fingerprint density at radius 1 is 1.35 bits per heavy atom. The van der Waals surface area contributed by atoms with Crippen LogP contribution in [0.5, 0.6) is 0 Å². The summed E-state index contributed by atoms with van der Waals surface area (Å²) in [5.41, 5.74) is 0.356. The van der Waals surface area contributed by atoms with Gasteiger partial charge in [0, 0.05) is 25.4 Å². The second kappa shape index (κ2) is 6.93. The molecule has 0 spiro atoms. The maximum Gasteiger partial charge on any atom is 0.242 e. The summed E-state index contributed by atoms with van der Waals surface area (Å²) in [4.78, 5) is 18.2. The average Bonchev–Trinajstić information content (AvgIpc) is 3.09. The van der Waals surface area contributed by atoms with Crippen molar-refractivity contribution in [2.24, 2.45) is 0 Å². The van der Waals surface area contributed by atoms with Gasteiger partial charge in [-0.05, 0) is 5.56 Å². The smallest absolute Gasteiger partial charge is 0.242 e. The molecule has 1 saturated heterocycles. The number of aliphatic hydroxyl groups excluding tert-OH is 1. The third-order valence-corrected chi connectivity index (χ3v) is 4.14. The third kappa shape index (κ3) is 3.78. The van der Waals surface area contributed by atoms with Crippen LogP contribution in [0.1, 0.15) is 5.56 Å². The van der Waals surface area contributed by atoms with E-state index in [1.165, 1.54) is 0 Å². The Labute approximate surface area is 135 Å². The number of benzene rings is 1. The molecule has 0 aliphatic carbocycles. The van der Waals surface area contributed by atoms with Gasteiger partial charge in [0.25, 0.3) is 0 Å². The highest BCUT2D eigenvalue weighted by molar-refractivity contribution is 5.76. The van der Waals surface area contributed by atoms with Gasteiger partial charge < -0.3 is 19.3 Å². The van der Waals surface area contributed by atoms with Gasteiger partial charge in [0.05, 0.1) is 26.1 Å². The summed E-state index contributed by atoms with van der Waals surface area (Å²) in [6.07, 6.45) is 5.63. The highest BCUT2D eigenvalue weighted by Gasteiger charge is 2.38. The van der Waals surface area contributed by atoms with Crippen LogP contribution in [-0.4, -0.2) is 57.4 Å². The van der Waals surface area contributed by atoms with Crippen molar-refractivity contribution in [3.8, 4) is 0 Å². The largest absolute Gasteiger partial charge is 0.393 e. The molecule has 1 fully saturated rings. The molecule has 122 valence electrons. The summed E-state index contributed by atoms with van der Waals surface area (Å²) in [7, 11) is 0. The first-order valence-electron chi connectivity index (χ1n) is 7.73. The molecular weight excluding hydrogens is 294 g/mol. The molecule has 0 unspecified atom stereocenters. The Balaban J connectivity index is 1.68. The number of hydrogen-bond donors (Lipinski definition) is 1.